The van der Waals surface area contributed by atoms with Gasteiger partial charge >= 0.3 is 0 Å². The molecule has 0 fully saturated rings. The van der Waals surface area contributed by atoms with Crippen molar-refractivity contribution in [1.82, 2.24) is 10.5 Å². The lowest BCUT2D eigenvalue weighted by Gasteiger charge is -2.12. The highest BCUT2D eigenvalue weighted by atomic mass is 16.5. The molecule has 5 rings (SSSR count). The molecule has 0 radical (unpaired) electrons. The summed E-state index contributed by atoms with van der Waals surface area (Å²) in [5, 5.41) is 22.8. The molecule has 6 heteroatoms. The number of nitrogens with one attached hydrogen (secondary N) is 2. The Morgan fingerprint density at radius 3 is 2.79 bits per heavy atom. The van der Waals surface area contributed by atoms with Crippen molar-refractivity contribution in [2.45, 2.75) is 18.9 Å². The monoisotopic (exact) mass is 382 g/mol. The number of rotatable bonds is 4. The molecule has 0 bridgehead atoms. The third kappa shape index (κ3) is 3.03. The van der Waals surface area contributed by atoms with E-state index >= 15 is 0 Å². The van der Waals surface area contributed by atoms with Gasteiger partial charge in [-0.2, -0.15) is 10.7 Å². The number of hydrogen-bond donors (Lipinski definition) is 3. The van der Waals surface area contributed by atoms with E-state index in [0.29, 0.717) is 16.9 Å². The molecule has 2 aromatic heterocycles. The number of anilines is 2. The second-order valence-electron chi connectivity index (χ2n) is 7.13. The van der Waals surface area contributed by atoms with Crippen LogP contribution in [0, 0.1) is 11.3 Å². The summed E-state index contributed by atoms with van der Waals surface area (Å²) in [5.41, 5.74) is 8.73. The first-order valence-corrected chi connectivity index (χ1v) is 9.43. The van der Waals surface area contributed by atoms with Crippen LogP contribution >= 0.6 is 0 Å². The van der Waals surface area contributed by atoms with Gasteiger partial charge in [-0.3, -0.25) is 4.98 Å². The maximum Gasteiger partial charge on any atom is 0.158 e. The lowest BCUT2D eigenvalue weighted by Crippen LogP contribution is -2.13. The molecule has 0 aliphatic heterocycles. The van der Waals surface area contributed by atoms with Crippen molar-refractivity contribution in [3.63, 3.8) is 0 Å². The van der Waals surface area contributed by atoms with Crippen molar-refractivity contribution in [1.29, 1.82) is 5.26 Å². The van der Waals surface area contributed by atoms with Crippen LogP contribution in [0.5, 0.6) is 0 Å². The molecule has 2 aromatic carbocycles. The molecule has 3 N–H and O–H groups in total. The van der Waals surface area contributed by atoms with Crippen molar-refractivity contribution >= 4 is 22.3 Å². The molecule has 29 heavy (non-hydrogen) atoms. The molecule has 1 atom stereocenters. The first-order valence-electron chi connectivity index (χ1n) is 9.43. The standard InChI is InChI=1S/C23H18N4O2/c24-12-14-1-3-15(4-2-14)23-22(19-9-10-25-13-21(19)29-23)26-17-6-7-18-16(11-17)5-8-20(18)27-28/h1-4,6-7,9-11,13,20,26-28H,5,8H2. The SMILES string of the molecule is N#Cc1ccc(-c2oc3cnccc3c2Nc2ccc3c(c2)CCC3NO)cc1. The zero-order valence-corrected chi connectivity index (χ0v) is 15.5. The van der Waals surface area contributed by atoms with Crippen LogP contribution in [0.4, 0.5) is 11.4 Å². The highest BCUT2D eigenvalue weighted by Gasteiger charge is 2.22. The molecular formula is C23H18N4O2. The third-order valence-electron chi connectivity index (χ3n) is 5.42. The smallest absolute Gasteiger partial charge is 0.158 e. The molecular weight excluding hydrogens is 364 g/mol. The summed E-state index contributed by atoms with van der Waals surface area (Å²) in [6.07, 6.45) is 5.24. The summed E-state index contributed by atoms with van der Waals surface area (Å²) in [7, 11) is 0. The number of pyridine rings is 1. The van der Waals surface area contributed by atoms with Gasteiger partial charge in [-0.05, 0) is 66.4 Å². The summed E-state index contributed by atoms with van der Waals surface area (Å²) >= 11 is 0. The van der Waals surface area contributed by atoms with E-state index in [1.165, 1.54) is 5.56 Å². The number of furan rings is 1. The van der Waals surface area contributed by atoms with Crippen LogP contribution in [0.25, 0.3) is 22.3 Å². The maximum atomic E-state index is 9.30. The number of aromatic nitrogens is 1. The topological polar surface area (TPSA) is 94.1 Å². The summed E-state index contributed by atoms with van der Waals surface area (Å²) in [6.45, 7) is 0. The molecule has 6 nitrogen and oxygen atoms in total. The lowest BCUT2D eigenvalue weighted by molar-refractivity contribution is 0.126. The number of hydrogen-bond acceptors (Lipinski definition) is 6. The molecule has 142 valence electrons. The van der Waals surface area contributed by atoms with Gasteiger partial charge in [0.15, 0.2) is 11.3 Å². The van der Waals surface area contributed by atoms with Crippen LogP contribution in [0.2, 0.25) is 0 Å². The van der Waals surface area contributed by atoms with Gasteiger partial charge in [0.05, 0.1) is 29.6 Å². The second-order valence-corrected chi connectivity index (χ2v) is 7.13. The van der Waals surface area contributed by atoms with Crippen LogP contribution in [0.15, 0.2) is 65.3 Å². The molecule has 1 aliphatic rings. The first-order chi connectivity index (χ1) is 14.3. The van der Waals surface area contributed by atoms with E-state index in [4.69, 9.17) is 9.68 Å². The Hall–Kier alpha value is -3.66. The van der Waals surface area contributed by atoms with E-state index < -0.39 is 0 Å². The Morgan fingerprint density at radius 2 is 2.00 bits per heavy atom. The first kappa shape index (κ1) is 17.4. The van der Waals surface area contributed by atoms with Crippen LogP contribution < -0.4 is 10.8 Å². The largest absolute Gasteiger partial charge is 0.452 e. The van der Waals surface area contributed by atoms with E-state index in [-0.39, 0.29) is 6.04 Å². The molecule has 0 saturated heterocycles. The lowest BCUT2D eigenvalue weighted by atomic mass is 10.1. The minimum atomic E-state index is -0.00547. The molecule has 1 unspecified atom stereocenters. The van der Waals surface area contributed by atoms with Crippen molar-refractivity contribution in [2.75, 3.05) is 5.32 Å². The summed E-state index contributed by atoms with van der Waals surface area (Å²) in [5.74, 6) is 0.702. The van der Waals surface area contributed by atoms with E-state index in [1.807, 2.05) is 30.3 Å². The Morgan fingerprint density at radius 1 is 1.14 bits per heavy atom. The summed E-state index contributed by atoms with van der Waals surface area (Å²) < 4.78 is 6.11. The van der Waals surface area contributed by atoms with Gasteiger partial charge in [-0.15, -0.1) is 0 Å². The fourth-order valence-corrected chi connectivity index (χ4v) is 3.95. The predicted molar refractivity (Wildman–Crippen MR) is 110 cm³/mol. The van der Waals surface area contributed by atoms with Gasteiger partial charge in [-0.25, -0.2) is 0 Å². The number of nitriles is 1. The van der Waals surface area contributed by atoms with Crippen molar-refractivity contribution < 1.29 is 9.62 Å². The Balaban J connectivity index is 1.58. The highest BCUT2D eigenvalue weighted by Crippen LogP contribution is 2.40. The fourth-order valence-electron chi connectivity index (χ4n) is 3.95. The van der Waals surface area contributed by atoms with E-state index in [0.717, 1.165) is 40.7 Å². The average molecular weight is 382 g/mol. The quantitative estimate of drug-likeness (QED) is 0.426. The second kappa shape index (κ2) is 7.06. The van der Waals surface area contributed by atoms with Gasteiger partial charge in [0.25, 0.3) is 0 Å². The van der Waals surface area contributed by atoms with Crippen LogP contribution in [0.3, 0.4) is 0 Å². The minimum absolute atomic E-state index is 0.00547. The van der Waals surface area contributed by atoms with Crippen LogP contribution in [-0.4, -0.2) is 10.2 Å². The normalized spacial score (nSPS) is 15.2. The number of hydroxylamine groups is 1. The summed E-state index contributed by atoms with van der Waals surface area (Å²) in [4.78, 5) is 4.17. The Labute approximate surface area is 167 Å². The van der Waals surface area contributed by atoms with E-state index in [9.17, 15) is 5.21 Å². The predicted octanol–water partition coefficient (Wildman–Crippen LogP) is 5.08. The Kier molecular flexibility index (Phi) is 4.24. The number of fused-ring (bicyclic) bond motifs is 2. The molecule has 0 amide bonds. The molecule has 2 heterocycles. The van der Waals surface area contributed by atoms with Crippen molar-refractivity contribution in [2.24, 2.45) is 0 Å². The highest BCUT2D eigenvalue weighted by molar-refractivity contribution is 6.00. The zero-order valence-electron chi connectivity index (χ0n) is 15.5. The number of benzene rings is 2. The molecule has 4 aromatic rings. The fraction of sp³-hybridized carbons (Fsp3) is 0.130. The van der Waals surface area contributed by atoms with Crippen molar-refractivity contribution in [3.8, 4) is 17.4 Å². The van der Waals surface area contributed by atoms with E-state index in [2.05, 4.69) is 27.9 Å². The van der Waals surface area contributed by atoms with Crippen molar-refractivity contribution in [3.05, 3.63) is 77.6 Å². The maximum absolute atomic E-state index is 9.30. The Bertz CT molecular complexity index is 1240. The van der Waals surface area contributed by atoms with Gasteiger partial charge < -0.3 is 14.9 Å². The zero-order chi connectivity index (χ0) is 19.8. The van der Waals surface area contributed by atoms with Gasteiger partial charge in [0.1, 0.15) is 0 Å². The summed E-state index contributed by atoms with van der Waals surface area (Å²) in [6, 6.07) is 17.6. The van der Waals surface area contributed by atoms with Gasteiger partial charge in [-0.1, -0.05) is 6.07 Å². The number of aryl methyl sites for hydroxylation is 1. The van der Waals surface area contributed by atoms with E-state index in [1.54, 1.807) is 24.5 Å². The molecule has 1 aliphatic carbocycles. The number of nitrogens with zero attached hydrogens (tertiary/aromatic N) is 2. The third-order valence-corrected chi connectivity index (χ3v) is 5.42. The minimum Gasteiger partial charge on any atom is -0.452 e. The molecule has 0 saturated carbocycles. The van der Waals surface area contributed by atoms with Crippen LogP contribution in [-0.2, 0) is 6.42 Å². The van der Waals surface area contributed by atoms with Gasteiger partial charge in [0, 0.05) is 22.8 Å². The van der Waals surface area contributed by atoms with Gasteiger partial charge in [0.2, 0.25) is 0 Å². The average Bonchev–Trinajstić information content (AvgIpc) is 3.35. The molecule has 0 spiro atoms. The van der Waals surface area contributed by atoms with Crippen LogP contribution in [0.1, 0.15) is 29.2 Å².